The Hall–Kier alpha value is -1.14. The van der Waals surface area contributed by atoms with Crippen molar-refractivity contribution in [2.45, 2.75) is 52.0 Å². The monoisotopic (exact) mass is 316 g/mol. The molecule has 0 aromatic heterocycles. The van der Waals surface area contributed by atoms with Gasteiger partial charge in [-0.25, -0.2) is 12.8 Å². The van der Waals surface area contributed by atoms with E-state index in [-0.39, 0.29) is 22.2 Å². The van der Waals surface area contributed by atoms with Crippen LogP contribution in [0.2, 0.25) is 0 Å². The maximum atomic E-state index is 13.6. The fourth-order valence-corrected chi connectivity index (χ4v) is 4.35. The number of hydrogen-bond acceptors (Lipinski definition) is 3. The summed E-state index contributed by atoms with van der Waals surface area (Å²) in [5.74, 6) is -0.194. The van der Waals surface area contributed by atoms with Crippen LogP contribution in [0.1, 0.15) is 38.3 Å². The van der Waals surface area contributed by atoms with Gasteiger partial charge in [-0.3, -0.25) is 0 Å². The van der Waals surface area contributed by atoms with Crippen molar-refractivity contribution in [2.24, 2.45) is 5.92 Å². The van der Waals surface area contributed by atoms with Crippen molar-refractivity contribution in [3.05, 3.63) is 23.0 Å². The summed E-state index contributed by atoms with van der Waals surface area (Å²) < 4.78 is 40.6. The Labute approximate surface area is 127 Å². The van der Waals surface area contributed by atoms with Crippen LogP contribution in [-0.2, 0) is 10.0 Å². The Morgan fingerprint density at radius 2 is 1.81 bits per heavy atom. The molecule has 0 spiro atoms. The normalized spacial score (nSPS) is 14.0. The number of hydrogen-bond donors (Lipinski definition) is 1. The highest BCUT2D eigenvalue weighted by atomic mass is 32.2. The van der Waals surface area contributed by atoms with Crippen molar-refractivity contribution >= 4 is 15.7 Å². The van der Waals surface area contributed by atoms with Crippen LogP contribution < -0.4 is 5.73 Å². The Morgan fingerprint density at radius 1 is 1.29 bits per heavy atom. The van der Waals surface area contributed by atoms with Crippen molar-refractivity contribution in [1.29, 1.82) is 0 Å². The van der Waals surface area contributed by atoms with Gasteiger partial charge in [0.1, 0.15) is 5.82 Å². The fraction of sp³-hybridized carbons (Fsp3) is 0.600. The lowest BCUT2D eigenvalue weighted by Gasteiger charge is -2.27. The van der Waals surface area contributed by atoms with E-state index in [2.05, 4.69) is 0 Å². The zero-order chi connectivity index (χ0) is 16.5. The van der Waals surface area contributed by atoms with Crippen molar-refractivity contribution in [1.82, 2.24) is 4.31 Å². The molecule has 0 aliphatic carbocycles. The van der Waals surface area contributed by atoms with Crippen LogP contribution in [0.25, 0.3) is 0 Å². The van der Waals surface area contributed by atoms with E-state index < -0.39 is 15.8 Å². The molecule has 21 heavy (non-hydrogen) atoms. The number of nitrogens with zero attached hydrogens (tertiary/aromatic N) is 1. The molecule has 2 N–H and O–H groups in total. The van der Waals surface area contributed by atoms with Crippen LogP contribution >= 0.6 is 0 Å². The topological polar surface area (TPSA) is 63.4 Å². The highest BCUT2D eigenvalue weighted by Gasteiger charge is 2.30. The molecule has 1 aromatic rings. The van der Waals surface area contributed by atoms with Gasteiger partial charge in [0.15, 0.2) is 0 Å². The van der Waals surface area contributed by atoms with Gasteiger partial charge in [0, 0.05) is 13.1 Å². The lowest BCUT2D eigenvalue weighted by atomic mass is 10.1. The van der Waals surface area contributed by atoms with E-state index in [1.165, 1.54) is 10.4 Å². The summed E-state index contributed by atoms with van der Waals surface area (Å²) in [4.78, 5) is 0.111. The molecule has 120 valence electrons. The molecule has 1 unspecified atom stereocenters. The number of rotatable bonds is 5. The first-order valence-electron chi connectivity index (χ1n) is 7.03. The maximum absolute atomic E-state index is 13.6. The average Bonchev–Trinajstić information content (AvgIpc) is 2.33. The number of nitrogens with two attached hydrogens (primary N) is 1. The standard InChI is InChI=1S/C15H25FN2O2S/c1-9(2)7-11(4)18(6)21(19,20)15-10(3)8-13(16)14(17)12(15)5/h8-9,11H,7,17H2,1-6H3. The molecule has 0 bridgehead atoms. The van der Waals surface area contributed by atoms with Gasteiger partial charge in [0.05, 0.1) is 10.6 Å². The Bertz CT molecular complexity index is 627. The van der Waals surface area contributed by atoms with Crippen molar-refractivity contribution in [3.63, 3.8) is 0 Å². The highest BCUT2D eigenvalue weighted by molar-refractivity contribution is 7.89. The minimum absolute atomic E-state index is 0.107. The first kappa shape index (κ1) is 17.9. The molecular formula is C15H25FN2O2S. The molecule has 0 heterocycles. The molecule has 0 radical (unpaired) electrons. The summed E-state index contributed by atoms with van der Waals surface area (Å²) >= 11 is 0. The number of nitrogen functional groups attached to an aromatic ring is 1. The van der Waals surface area contributed by atoms with Crippen LogP contribution in [0.4, 0.5) is 10.1 Å². The van der Waals surface area contributed by atoms with Crippen LogP contribution in [0.3, 0.4) is 0 Å². The van der Waals surface area contributed by atoms with E-state index in [4.69, 9.17) is 5.73 Å². The maximum Gasteiger partial charge on any atom is 0.243 e. The van der Waals surface area contributed by atoms with Crippen LogP contribution in [0.15, 0.2) is 11.0 Å². The molecule has 6 heteroatoms. The molecule has 0 saturated heterocycles. The number of benzene rings is 1. The Kier molecular flexibility index (Phi) is 5.39. The van der Waals surface area contributed by atoms with E-state index in [0.29, 0.717) is 11.5 Å². The van der Waals surface area contributed by atoms with Gasteiger partial charge in [0.25, 0.3) is 0 Å². The lowest BCUT2D eigenvalue weighted by Crippen LogP contribution is -2.36. The van der Waals surface area contributed by atoms with Gasteiger partial charge in [-0.05, 0) is 50.3 Å². The van der Waals surface area contributed by atoms with Crippen LogP contribution in [0, 0.1) is 25.6 Å². The van der Waals surface area contributed by atoms with Crippen molar-refractivity contribution in [2.75, 3.05) is 12.8 Å². The van der Waals surface area contributed by atoms with E-state index in [9.17, 15) is 12.8 Å². The number of sulfonamides is 1. The van der Waals surface area contributed by atoms with Gasteiger partial charge >= 0.3 is 0 Å². The minimum atomic E-state index is -3.70. The first-order chi connectivity index (χ1) is 9.50. The number of halogens is 1. The second kappa shape index (κ2) is 6.32. The summed E-state index contributed by atoms with van der Waals surface area (Å²) in [6.07, 6.45) is 0.754. The summed E-state index contributed by atoms with van der Waals surface area (Å²) in [5.41, 5.74) is 6.19. The molecule has 0 amide bonds. The largest absolute Gasteiger partial charge is 0.396 e. The molecule has 1 rings (SSSR count). The second-order valence-electron chi connectivity index (χ2n) is 6.04. The van der Waals surface area contributed by atoms with E-state index >= 15 is 0 Å². The van der Waals surface area contributed by atoms with Gasteiger partial charge in [-0.15, -0.1) is 0 Å². The molecule has 0 saturated carbocycles. The third-order valence-electron chi connectivity index (χ3n) is 3.77. The van der Waals surface area contributed by atoms with E-state index in [0.717, 1.165) is 6.42 Å². The summed E-state index contributed by atoms with van der Waals surface area (Å²) in [6.45, 7) is 9.09. The second-order valence-corrected chi connectivity index (χ2v) is 7.98. The molecule has 1 aromatic carbocycles. The summed E-state index contributed by atoms with van der Waals surface area (Å²) in [7, 11) is -2.14. The van der Waals surface area contributed by atoms with E-state index in [1.54, 1.807) is 20.9 Å². The van der Waals surface area contributed by atoms with Gasteiger partial charge in [-0.1, -0.05) is 13.8 Å². The number of aryl methyl sites for hydroxylation is 1. The third kappa shape index (κ3) is 3.55. The third-order valence-corrected chi connectivity index (χ3v) is 6.04. The summed E-state index contributed by atoms with van der Waals surface area (Å²) in [5, 5.41) is 0. The zero-order valence-corrected chi connectivity index (χ0v) is 14.4. The quantitative estimate of drug-likeness (QED) is 0.849. The van der Waals surface area contributed by atoms with Gasteiger partial charge in [-0.2, -0.15) is 4.31 Å². The summed E-state index contributed by atoms with van der Waals surface area (Å²) in [6, 6.07) is 1.04. The SMILES string of the molecule is Cc1cc(F)c(N)c(C)c1S(=O)(=O)N(C)C(C)CC(C)C. The fourth-order valence-electron chi connectivity index (χ4n) is 2.54. The lowest BCUT2D eigenvalue weighted by molar-refractivity contribution is 0.337. The Morgan fingerprint density at radius 3 is 2.29 bits per heavy atom. The average molecular weight is 316 g/mol. The van der Waals surface area contributed by atoms with Gasteiger partial charge in [0.2, 0.25) is 10.0 Å². The molecule has 0 aliphatic rings. The molecule has 0 aliphatic heterocycles. The zero-order valence-electron chi connectivity index (χ0n) is 13.6. The Balaban J connectivity index is 3.35. The predicted octanol–water partition coefficient (Wildman–Crippen LogP) is 3.08. The van der Waals surface area contributed by atoms with Crippen LogP contribution in [-0.4, -0.2) is 25.8 Å². The highest BCUT2D eigenvalue weighted by Crippen LogP contribution is 2.30. The smallest absolute Gasteiger partial charge is 0.243 e. The molecular weight excluding hydrogens is 291 g/mol. The van der Waals surface area contributed by atoms with Crippen molar-refractivity contribution in [3.8, 4) is 0 Å². The molecule has 4 nitrogen and oxygen atoms in total. The van der Waals surface area contributed by atoms with E-state index in [1.807, 2.05) is 20.8 Å². The predicted molar refractivity (Wildman–Crippen MR) is 84.2 cm³/mol. The molecule has 0 fully saturated rings. The van der Waals surface area contributed by atoms with Crippen LogP contribution in [0.5, 0.6) is 0 Å². The van der Waals surface area contributed by atoms with Gasteiger partial charge < -0.3 is 5.73 Å². The number of anilines is 1. The minimum Gasteiger partial charge on any atom is -0.396 e. The first-order valence-corrected chi connectivity index (χ1v) is 8.47. The van der Waals surface area contributed by atoms with Crippen molar-refractivity contribution < 1.29 is 12.8 Å². The molecule has 1 atom stereocenters.